The number of hydrogen-bond acceptors (Lipinski definition) is 4. The van der Waals surface area contributed by atoms with Crippen LogP contribution in [-0.4, -0.2) is 11.9 Å². The van der Waals surface area contributed by atoms with Crippen molar-refractivity contribution in [3.63, 3.8) is 0 Å². The minimum atomic E-state index is -0.608. The highest BCUT2D eigenvalue weighted by atomic mass is 16.7. The fraction of sp³-hybridized carbons (Fsp3) is 0.556. The van der Waals surface area contributed by atoms with E-state index in [0.717, 1.165) is 12.8 Å². The summed E-state index contributed by atoms with van der Waals surface area (Å²) in [4.78, 5) is 23.1. The fourth-order valence-electron chi connectivity index (χ4n) is 1.61. The van der Waals surface area contributed by atoms with Crippen molar-refractivity contribution >= 4 is 11.9 Å². The monoisotopic (exact) mass is 308 g/mol. The zero-order valence-corrected chi connectivity index (χ0v) is 14.1. The molecule has 0 rings (SSSR count). The van der Waals surface area contributed by atoms with Crippen LogP contribution in [0.5, 0.6) is 0 Å². The lowest BCUT2D eigenvalue weighted by Crippen LogP contribution is -2.12. The van der Waals surface area contributed by atoms with Crippen LogP contribution < -0.4 is 0 Å². The number of rotatable bonds is 11. The van der Waals surface area contributed by atoms with Crippen LogP contribution in [-0.2, 0) is 19.1 Å². The van der Waals surface area contributed by atoms with Gasteiger partial charge in [-0.15, -0.1) is 0 Å². The summed E-state index contributed by atoms with van der Waals surface area (Å²) < 4.78 is 10.0. The van der Waals surface area contributed by atoms with E-state index in [1.807, 2.05) is 0 Å². The number of carbonyl (C=O) groups excluding carboxylic acids is 2. The molecule has 0 aliphatic heterocycles. The molecule has 0 aromatic carbocycles. The number of allylic oxidation sites excluding steroid dienone is 1. The Morgan fingerprint density at radius 2 is 1.32 bits per heavy atom. The predicted molar refractivity (Wildman–Crippen MR) is 87.9 cm³/mol. The Balaban J connectivity index is 4.40. The van der Waals surface area contributed by atoms with E-state index in [2.05, 4.69) is 20.1 Å². The molecule has 0 amide bonds. The maximum absolute atomic E-state index is 11.5. The van der Waals surface area contributed by atoms with Gasteiger partial charge in [0.2, 0.25) is 0 Å². The first-order valence-electron chi connectivity index (χ1n) is 7.84. The predicted octanol–water partition coefficient (Wildman–Crippen LogP) is 4.82. The van der Waals surface area contributed by atoms with Crippen molar-refractivity contribution in [3.05, 3.63) is 36.3 Å². The Hall–Kier alpha value is -1.84. The van der Waals surface area contributed by atoms with Gasteiger partial charge in [0.1, 0.15) is 0 Å². The van der Waals surface area contributed by atoms with Crippen LogP contribution in [0.2, 0.25) is 0 Å². The van der Waals surface area contributed by atoms with Crippen molar-refractivity contribution in [2.75, 3.05) is 0 Å². The molecule has 4 nitrogen and oxygen atoms in total. The van der Waals surface area contributed by atoms with Crippen LogP contribution >= 0.6 is 0 Å². The molecule has 0 saturated heterocycles. The van der Waals surface area contributed by atoms with Gasteiger partial charge in [-0.25, -0.2) is 9.59 Å². The van der Waals surface area contributed by atoms with Gasteiger partial charge in [-0.05, 0) is 32.8 Å². The van der Waals surface area contributed by atoms with Gasteiger partial charge in [-0.2, -0.15) is 0 Å². The molecule has 0 aliphatic carbocycles. The van der Waals surface area contributed by atoms with Crippen LogP contribution in [0.25, 0.3) is 0 Å². The number of esters is 2. The molecule has 4 heteroatoms. The summed E-state index contributed by atoms with van der Waals surface area (Å²) in [6, 6.07) is 0. The number of unbranched alkanes of at least 4 members (excludes halogenated alkanes) is 6. The SMILES string of the molecule is C=C(C)C(=O)OC(=CCCCCCCCC)OC(=O)C(=C)C. The van der Waals surface area contributed by atoms with E-state index < -0.39 is 11.9 Å². The van der Waals surface area contributed by atoms with E-state index in [0.29, 0.717) is 6.42 Å². The maximum Gasteiger partial charge on any atom is 0.340 e. The van der Waals surface area contributed by atoms with E-state index in [1.54, 1.807) is 6.08 Å². The second-order valence-corrected chi connectivity index (χ2v) is 5.42. The fourth-order valence-corrected chi connectivity index (χ4v) is 1.61. The molecule has 0 spiro atoms. The third-order valence-corrected chi connectivity index (χ3v) is 2.95. The van der Waals surface area contributed by atoms with Gasteiger partial charge in [0.15, 0.2) is 0 Å². The summed E-state index contributed by atoms with van der Waals surface area (Å²) in [5.41, 5.74) is 0.494. The van der Waals surface area contributed by atoms with Crippen LogP contribution in [0.15, 0.2) is 36.3 Å². The Morgan fingerprint density at radius 1 is 0.864 bits per heavy atom. The lowest BCUT2D eigenvalue weighted by molar-refractivity contribution is -0.148. The van der Waals surface area contributed by atoms with Gasteiger partial charge in [0, 0.05) is 11.1 Å². The Kier molecular flexibility index (Phi) is 10.8. The quantitative estimate of drug-likeness (QED) is 0.238. The summed E-state index contributed by atoms with van der Waals surface area (Å²) in [6.45, 7) is 12.3. The van der Waals surface area contributed by atoms with E-state index in [1.165, 1.54) is 39.5 Å². The molecule has 0 radical (unpaired) electrons. The summed E-state index contributed by atoms with van der Waals surface area (Å²) in [7, 11) is 0. The topological polar surface area (TPSA) is 52.6 Å². The highest BCUT2D eigenvalue weighted by Crippen LogP contribution is 2.12. The average Bonchev–Trinajstić information content (AvgIpc) is 2.45. The molecular formula is C18H28O4. The van der Waals surface area contributed by atoms with Gasteiger partial charge in [0.25, 0.3) is 5.95 Å². The third kappa shape index (κ3) is 9.97. The van der Waals surface area contributed by atoms with Gasteiger partial charge < -0.3 is 9.47 Å². The maximum atomic E-state index is 11.5. The van der Waals surface area contributed by atoms with Gasteiger partial charge in [-0.1, -0.05) is 52.2 Å². The van der Waals surface area contributed by atoms with Crippen molar-refractivity contribution in [3.8, 4) is 0 Å². The van der Waals surface area contributed by atoms with Gasteiger partial charge >= 0.3 is 11.9 Å². The summed E-state index contributed by atoms with van der Waals surface area (Å²) in [5, 5.41) is 0. The Morgan fingerprint density at radius 3 is 1.77 bits per heavy atom. The molecule has 0 aliphatic rings. The second kappa shape index (κ2) is 11.8. The molecule has 22 heavy (non-hydrogen) atoms. The molecule has 124 valence electrons. The number of ether oxygens (including phenoxy) is 2. The molecule has 0 unspecified atom stereocenters. The van der Waals surface area contributed by atoms with Gasteiger partial charge in [0.05, 0.1) is 0 Å². The van der Waals surface area contributed by atoms with Crippen LogP contribution in [0.3, 0.4) is 0 Å². The molecule has 0 heterocycles. The van der Waals surface area contributed by atoms with Crippen LogP contribution in [0.4, 0.5) is 0 Å². The normalized spacial score (nSPS) is 9.77. The number of carbonyl (C=O) groups is 2. The van der Waals surface area contributed by atoms with Crippen molar-refractivity contribution in [2.45, 2.75) is 65.7 Å². The zero-order valence-electron chi connectivity index (χ0n) is 14.1. The highest BCUT2D eigenvalue weighted by Gasteiger charge is 2.13. The molecule has 0 saturated carbocycles. The summed E-state index contributed by atoms with van der Waals surface area (Å²) in [5.74, 6) is -1.30. The molecule has 0 atom stereocenters. The summed E-state index contributed by atoms with van der Waals surface area (Å²) >= 11 is 0. The third-order valence-electron chi connectivity index (χ3n) is 2.95. The second-order valence-electron chi connectivity index (χ2n) is 5.42. The molecule has 0 fully saturated rings. The minimum absolute atomic E-state index is 0.0884. The van der Waals surface area contributed by atoms with E-state index in [9.17, 15) is 9.59 Å². The lowest BCUT2D eigenvalue weighted by Gasteiger charge is -2.09. The molecule has 0 bridgehead atoms. The Labute approximate surface area is 133 Å². The van der Waals surface area contributed by atoms with E-state index in [-0.39, 0.29) is 17.1 Å². The smallest absolute Gasteiger partial charge is 0.340 e. The van der Waals surface area contributed by atoms with Crippen LogP contribution in [0.1, 0.15) is 65.7 Å². The summed E-state index contributed by atoms with van der Waals surface area (Å²) in [6.07, 6.45) is 9.28. The molecular weight excluding hydrogens is 280 g/mol. The van der Waals surface area contributed by atoms with Crippen molar-refractivity contribution < 1.29 is 19.1 Å². The standard InChI is InChI=1S/C18H28O4/c1-6-7-8-9-10-11-12-13-16(21-17(19)14(2)3)22-18(20)15(4)5/h13H,2,4,6-12H2,1,3,5H3. The molecule has 0 aromatic rings. The van der Waals surface area contributed by atoms with Crippen molar-refractivity contribution in [2.24, 2.45) is 0 Å². The lowest BCUT2D eigenvalue weighted by atomic mass is 10.1. The first kappa shape index (κ1) is 20.2. The highest BCUT2D eigenvalue weighted by molar-refractivity contribution is 5.89. The molecule has 0 aromatic heterocycles. The zero-order chi connectivity index (χ0) is 17.0. The minimum Gasteiger partial charge on any atom is -0.389 e. The van der Waals surface area contributed by atoms with Crippen LogP contribution in [0, 0.1) is 0 Å². The first-order chi connectivity index (χ1) is 10.4. The first-order valence-corrected chi connectivity index (χ1v) is 7.84. The largest absolute Gasteiger partial charge is 0.389 e. The number of hydrogen-bond donors (Lipinski definition) is 0. The van der Waals surface area contributed by atoms with Crippen molar-refractivity contribution in [1.82, 2.24) is 0 Å². The van der Waals surface area contributed by atoms with Gasteiger partial charge in [-0.3, -0.25) is 0 Å². The van der Waals surface area contributed by atoms with E-state index >= 15 is 0 Å². The average molecular weight is 308 g/mol. The van der Waals surface area contributed by atoms with Crippen molar-refractivity contribution in [1.29, 1.82) is 0 Å². The Bertz CT molecular complexity index is 402. The molecule has 0 N–H and O–H groups in total. The van der Waals surface area contributed by atoms with E-state index in [4.69, 9.17) is 9.47 Å².